The number of halogens is 3. The second-order valence-corrected chi connectivity index (χ2v) is 12.0. The third-order valence-corrected chi connectivity index (χ3v) is 8.43. The number of aryl methyl sites for hydroxylation is 1. The summed E-state index contributed by atoms with van der Waals surface area (Å²) in [5, 5.41) is 0. The van der Waals surface area contributed by atoms with Gasteiger partial charge in [0.05, 0.1) is 30.4 Å². The number of ether oxygens (including phenoxy) is 1. The van der Waals surface area contributed by atoms with Gasteiger partial charge in [0.15, 0.2) is 0 Å². The van der Waals surface area contributed by atoms with Gasteiger partial charge in [0, 0.05) is 24.7 Å². The van der Waals surface area contributed by atoms with Gasteiger partial charge in [0.25, 0.3) is 0 Å². The molecular formula is C21H25F3N2O5S2. The molecule has 1 saturated heterocycles. The van der Waals surface area contributed by atoms with Crippen LogP contribution < -0.4 is 13.3 Å². The van der Waals surface area contributed by atoms with Gasteiger partial charge < -0.3 is 9.64 Å². The van der Waals surface area contributed by atoms with Crippen molar-refractivity contribution in [1.29, 1.82) is 0 Å². The molecule has 0 amide bonds. The number of hydrogen-bond donors (Lipinski definition) is 0. The molecule has 12 heteroatoms. The van der Waals surface area contributed by atoms with Crippen molar-refractivity contribution in [3.63, 3.8) is 0 Å². The summed E-state index contributed by atoms with van der Waals surface area (Å²) in [7, 11) is -8.17. The summed E-state index contributed by atoms with van der Waals surface area (Å²) in [6.07, 6.45) is -2.23. The van der Waals surface area contributed by atoms with Crippen LogP contribution in [0.4, 0.5) is 24.5 Å². The molecule has 2 aromatic carbocycles. The molecule has 2 aromatic rings. The average Bonchev–Trinajstić information content (AvgIpc) is 3.12. The van der Waals surface area contributed by atoms with Crippen LogP contribution in [0.1, 0.15) is 17.5 Å². The normalized spacial score (nSPS) is 17.3. The van der Waals surface area contributed by atoms with Crippen molar-refractivity contribution in [3.05, 3.63) is 53.6 Å². The largest absolute Gasteiger partial charge is 0.493 e. The van der Waals surface area contributed by atoms with Gasteiger partial charge in [0.1, 0.15) is 5.75 Å². The maximum Gasteiger partial charge on any atom is 0.419 e. The lowest BCUT2D eigenvalue weighted by molar-refractivity contribution is -0.139. The Morgan fingerprint density at radius 2 is 1.70 bits per heavy atom. The highest BCUT2D eigenvalue weighted by Crippen LogP contribution is 2.37. The van der Waals surface area contributed by atoms with E-state index in [4.69, 9.17) is 4.74 Å². The standard InChI is InChI=1S/C21H25F3N2O5S2/c1-15-10-17(12-18(11-15)26(32(2,27)28)33(3,29)30)25-9-8-16(13-25)14-31-20-7-5-4-6-19(20)21(22,23)24/h4-7,10-12,16H,8-9,13-14H2,1-3H3. The number of rotatable bonds is 7. The number of sulfonamides is 2. The number of hydrogen-bond acceptors (Lipinski definition) is 6. The Labute approximate surface area is 191 Å². The Morgan fingerprint density at radius 1 is 1.06 bits per heavy atom. The van der Waals surface area contributed by atoms with E-state index in [9.17, 15) is 30.0 Å². The first kappa shape index (κ1) is 25.2. The fourth-order valence-electron chi connectivity index (χ4n) is 3.90. The van der Waals surface area contributed by atoms with Crippen LogP contribution in [0.5, 0.6) is 5.75 Å². The third-order valence-electron chi connectivity index (χ3n) is 5.18. The second kappa shape index (κ2) is 9.05. The van der Waals surface area contributed by atoms with Gasteiger partial charge in [-0.3, -0.25) is 0 Å². The number of anilines is 2. The molecule has 0 aromatic heterocycles. The van der Waals surface area contributed by atoms with E-state index in [2.05, 4.69) is 0 Å². The Hall–Kier alpha value is -2.47. The molecular weight excluding hydrogens is 481 g/mol. The summed E-state index contributed by atoms with van der Waals surface area (Å²) >= 11 is 0. The topological polar surface area (TPSA) is 84.0 Å². The Morgan fingerprint density at radius 3 is 2.30 bits per heavy atom. The zero-order chi connectivity index (χ0) is 24.6. The van der Waals surface area contributed by atoms with Crippen LogP contribution in [0.15, 0.2) is 42.5 Å². The molecule has 0 bridgehead atoms. The molecule has 0 aliphatic carbocycles. The van der Waals surface area contributed by atoms with Crippen molar-refractivity contribution < 1.29 is 34.7 Å². The SMILES string of the molecule is Cc1cc(N2CCC(COc3ccccc3C(F)(F)F)C2)cc(N(S(C)(=O)=O)S(C)(=O)=O)c1. The Kier molecular flexibility index (Phi) is 6.90. The van der Waals surface area contributed by atoms with E-state index >= 15 is 0 Å². The van der Waals surface area contributed by atoms with Crippen molar-refractivity contribution in [1.82, 2.24) is 0 Å². The Balaban J connectivity index is 1.77. The van der Waals surface area contributed by atoms with Crippen molar-refractivity contribution >= 4 is 31.4 Å². The van der Waals surface area contributed by atoms with Gasteiger partial charge in [-0.2, -0.15) is 16.9 Å². The van der Waals surface area contributed by atoms with Gasteiger partial charge in [-0.15, -0.1) is 0 Å². The highest BCUT2D eigenvalue weighted by atomic mass is 32.3. The first-order valence-electron chi connectivity index (χ1n) is 10.0. The van der Waals surface area contributed by atoms with Crippen LogP contribution in [0.2, 0.25) is 0 Å². The minimum atomic E-state index is -4.51. The summed E-state index contributed by atoms with van der Waals surface area (Å²) in [6.45, 7) is 2.84. The third kappa shape index (κ3) is 6.11. The zero-order valence-corrected chi connectivity index (χ0v) is 20.0. The molecule has 0 saturated carbocycles. The van der Waals surface area contributed by atoms with Crippen LogP contribution in [0.3, 0.4) is 0 Å². The second-order valence-electron chi connectivity index (χ2n) is 8.16. The molecule has 182 valence electrons. The number of alkyl halides is 3. The van der Waals surface area contributed by atoms with Crippen molar-refractivity contribution in [2.24, 2.45) is 5.92 Å². The van der Waals surface area contributed by atoms with Crippen LogP contribution in [0.25, 0.3) is 0 Å². The summed E-state index contributed by atoms with van der Waals surface area (Å²) in [5.74, 6) is -0.283. The summed E-state index contributed by atoms with van der Waals surface area (Å²) in [5.41, 5.74) is 0.470. The summed E-state index contributed by atoms with van der Waals surface area (Å²) in [6, 6.07) is 9.79. The molecule has 0 N–H and O–H groups in total. The van der Waals surface area contributed by atoms with Crippen molar-refractivity contribution in [2.75, 3.05) is 40.8 Å². The molecule has 3 rings (SSSR count). The zero-order valence-electron chi connectivity index (χ0n) is 18.3. The number of para-hydroxylation sites is 1. The predicted molar refractivity (Wildman–Crippen MR) is 121 cm³/mol. The molecule has 1 aliphatic heterocycles. The van der Waals surface area contributed by atoms with E-state index in [0.29, 0.717) is 34.5 Å². The average molecular weight is 507 g/mol. The van der Waals surface area contributed by atoms with Gasteiger partial charge in [-0.1, -0.05) is 12.1 Å². The van der Waals surface area contributed by atoms with Crippen LogP contribution in [-0.2, 0) is 26.2 Å². The van der Waals surface area contributed by atoms with E-state index in [0.717, 1.165) is 18.6 Å². The molecule has 33 heavy (non-hydrogen) atoms. The molecule has 1 atom stereocenters. The van der Waals surface area contributed by atoms with Crippen LogP contribution in [0, 0.1) is 12.8 Å². The van der Waals surface area contributed by atoms with E-state index in [1.165, 1.54) is 30.3 Å². The van der Waals surface area contributed by atoms with Gasteiger partial charge >= 0.3 is 6.18 Å². The Bertz CT molecular complexity index is 1200. The smallest absolute Gasteiger partial charge is 0.419 e. The number of benzene rings is 2. The molecule has 1 fully saturated rings. The highest BCUT2D eigenvalue weighted by Gasteiger charge is 2.34. The maximum atomic E-state index is 13.2. The van der Waals surface area contributed by atoms with E-state index in [1.807, 2.05) is 4.90 Å². The van der Waals surface area contributed by atoms with Crippen LogP contribution in [-0.4, -0.2) is 49.0 Å². The lowest BCUT2D eigenvalue weighted by Gasteiger charge is -2.24. The van der Waals surface area contributed by atoms with Gasteiger partial charge in [0.2, 0.25) is 20.0 Å². The summed E-state index contributed by atoms with van der Waals surface area (Å²) < 4.78 is 93.9. The lowest BCUT2D eigenvalue weighted by Crippen LogP contribution is -2.35. The molecule has 1 heterocycles. The van der Waals surface area contributed by atoms with Crippen LogP contribution >= 0.6 is 0 Å². The van der Waals surface area contributed by atoms with Crippen molar-refractivity contribution in [3.8, 4) is 5.75 Å². The lowest BCUT2D eigenvalue weighted by atomic mass is 10.1. The van der Waals surface area contributed by atoms with Gasteiger partial charge in [-0.05, 0) is 49.2 Å². The quantitative estimate of drug-likeness (QED) is 0.570. The monoisotopic (exact) mass is 506 g/mol. The molecule has 0 spiro atoms. The fourth-order valence-corrected chi connectivity index (χ4v) is 6.84. The first-order valence-corrected chi connectivity index (χ1v) is 13.7. The van der Waals surface area contributed by atoms with E-state index in [-0.39, 0.29) is 24.0 Å². The molecule has 1 unspecified atom stereocenters. The minimum absolute atomic E-state index is 0.00815. The maximum absolute atomic E-state index is 13.2. The number of nitrogens with zero attached hydrogens (tertiary/aromatic N) is 2. The molecule has 1 aliphatic rings. The fraction of sp³-hybridized carbons (Fsp3) is 0.429. The van der Waals surface area contributed by atoms with Gasteiger partial charge in [-0.25, -0.2) is 16.8 Å². The highest BCUT2D eigenvalue weighted by molar-refractivity contribution is 8.09. The first-order chi connectivity index (χ1) is 15.2. The molecule has 7 nitrogen and oxygen atoms in total. The summed E-state index contributed by atoms with van der Waals surface area (Å²) in [4.78, 5) is 1.93. The van der Waals surface area contributed by atoms with Crippen molar-refractivity contribution in [2.45, 2.75) is 19.5 Å². The minimum Gasteiger partial charge on any atom is -0.493 e. The molecule has 0 radical (unpaired) electrons. The predicted octanol–water partition coefficient (Wildman–Crippen LogP) is 3.64. The van der Waals surface area contributed by atoms with E-state index in [1.54, 1.807) is 13.0 Å². The van der Waals surface area contributed by atoms with E-state index < -0.39 is 31.8 Å².